The first-order valence-corrected chi connectivity index (χ1v) is 7.58. The van der Waals surface area contributed by atoms with E-state index in [2.05, 4.69) is 0 Å². The van der Waals surface area contributed by atoms with Gasteiger partial charge < -0.3 is 5.11 Å². The first kappa shape index (κ1) is 15.0. The third-order valence-corrected chi connectivity index (χ3v) is 4.74. The van der Waals surface area contributed by atoms with Crippen molar-refractivity contribution in [3.05, 3.63) is 0 Å². The fourth-order valence-corrected chi connectivity index (χ4v) is 3.60. The second-order valence-corrected chi connectivity index (χ2v) is 6.10. The summed E-state index contributed by atoms with van der Waals surface area (Å²) >= 11 is 0. The molecule has 1 aliphatic carbocycles. The van der Waals surface area contributed by atoms with E-state index >= 15 is 0 Å². The summed E-state index contributed by atoms with van der Waals surface area (Å²) in [6.45, 7) is 1.83. The van der Waals surface area contributed by atoms with Crippen LogP contribution in [0.5, 0.6) is 0 Å². The van der Waals surface area contributed by atoms with Gasteiger partial charge in [0.15, 0.2) is 0 Å². The Balaban J connectivity index is 2.20. The van der Waals surface area contributed by atoms with E-state index in [1.807, 2.05) is 6.92 Å². The van der Waals surface area contributed by atoms with E-state index in [1.54, 1.807) is 0 Å². The van der Waals surface area contributed by atoms with Crippen LogP contribution in [-0.2, 0) is 14.4 Å². The van der Waals surface area contributed by atoms with Gasteiger partial charge in [-0.25, -0.2) is 0 Å². The highest BCUT2D eigenvalue weighted by Gasteiger charge is 2.52. The summed E-state index contributed by atoms with van der Waals surface area (Å²) < 4.78 is 0. The molecule has 1 spiro atoms. The minimum atomic E-state index is -0.959. The highest BCUT2D eigenvalue weighted by Crippen LogP contribution is 2.45. The minimum absolute atomic E-state index is 0.113. The van der Waals surface area contributed by atoms with Crippen molar-refractivity contribution < 1.29 is 19.5 Å². The Morgan fingerprint density at radius 3 is 2.35 bits per heavy atom. The van der Waals surface area contributed by atoms with Crippen molar-refractivity contribution in [1.82, 2.24) is 4.90 Å². The summed E-state index contributed by atoms with van der Waals surface area (Å²) in [4.78, 5) is 37.2. The van der Waals surface area contributed by atoms with Gasteiger partial charge in [0.2, 0.25) is 11.8 Å². The molecule has 1 N–H and O–H groups in total. The van der Waals surface area contributed by atoms with Crippen LogP contribution in [0.3, 0.4) is 0 Å². The van der Waals surface area contributed by atoms with Crippen LogP contribution >= 0.6 is 0 Å². The van der Waals surface area contributed by atoms with E-state index in [4.69, 9.17) is 5.11 Å². The Morgan fingerprint density at radius 1 is 1.25 bits per heavy atom. The molecule has 1 heterocycles. The Bertz CT molecular complexity index is 410. The quantitative estimate of drug-likeness (QED) is 0.803. The van der Waals surface area contributed by atoms with E-state index < -0.39 is 17.4 Å². The molecule has 0 aromatic heterocycles. The summed E-state index contributed by atoms with van der Waals surface area (Å²) in [5.74, 6) is -1.25. The number of carboxylic acid groups (broad SMARTS) is 1. The highest BCUT2D eigenvalue weighted by atomic mass is 16.4. The van der Waals surface area contributed by atoms with Gasteiger partial charge in [-0.05, 0) is 19.3 Å². The number of aliphatic carboxylic acids is 1. The monoisotopic (exact) mass is 281 g/mol. The first-order chi connectivity index (χ1) is 9.50. The molecule has 2 rings (SSSR count). The lowest BCUT2D eigenvalue weighted by Gasteiger charge is -2.28. The lowest BCUT2D eigenvalue weighted by molar-refractivity contribution is -0.146. The van der Waals surface area contributed by atoms with Crippen molar-refractivity contribution in [2.45, 2.75) is 70.8 Å². The summed E-state index contributed by atoms with van der Waals surface area (Å²) in [5, 5.41) is 8.95. The average molecular weight is 281 g/mol. The third kappa shape index (κ3) is 2.72. The van der Waals surface area contributed by atoms with Gasteiger partial charge in [-0.1, -0.05) is 32.6 Å². The van der Waals surface area contributed by atoms with E-state index in [9.17, 15) is 14.4 Å². The molecule has 112 valence electrons. The molecule has 1 saturated carbocycles. The van der Waals surface area contributed by atoms with Crippen LogP contribution in [0.1, 0.15) is 64.7 Å². The van der Waals surface area contributed by atoms with Crippen molar-refractivity contribution >= 4 is 17.8 Å². The van der Waals surface area contributed by atoms with Crippen molar-refractivity contribution in [2.24, 2.45) is 5.41 Å². The van der Waals surface area contributed by atoms with Crippen LogP contribution in [-0.4, -0.2) is 33.8 Å². The van der Waals surface area contributed by atoms with Crippen molar-refractivity contribution in [1.29, 1.82) is 0 Å². The lowest BCUT2D eigenvalue weighted by atomic mass is 9.79. The van der Waals surface area contributed by atoms with Gasteiger partial charge >= 0.3 is 5.97 Å². The van der Waals surface area contributed by atoms with E-state index in [-0.39, 0.29) is 24.7 Å². The molecule has 1 aliphatic heterocycles. The SMILES string of the molecule is CCC(CC(=O)O)N1C(=O)CC2(CCCCCC2)C1=O. The molecule has 0 aromatic rings. The molecule has 2 aliphatic rings. The van der Waals surface area contributed by atoms with Crippen LogP contribution in [0.25, 0.3) is 0 Å². The van der Waals surface area contributed by atoms with E-state index in [0.29, 0.717) is 6.42 Å². The molecular formula is C15H23NO4. The molecule has 20 heavy (non-hydrogen) atoms. The normalized spacial score (nSPS) is 23.9. The number of carbonyl (C=O) groups excluding carboxylic acids is 2. The smallest absolute Gasteiger partial charge is 0.305 e. The predicted molar refractivity (Wildman–Crippen MR) is 72.9 cm³/mol. The van der Waals surface area contributed by atoms with Gasteiger partial charge in [0.1, 0.15) is 0 Å². The molecular weight excluding hydrogens is 258 g/mol. The van der Waals surface area contributed by atoms with Crippen molar-refractivity contribution in [3.8, 4) is 0 Å². The Kier molecular flexibility index (Phi) is 4.45. The maximum Gasteiger partial charge on any atom is 0.305 e. The molecule has 0 radical (unpaired) electrons. The predicted octanol–water partition coefficient (Wildman–Crippen LogP) is 2.34. The van der Waals surface area contributed by atoms with Crippen LogP contribution in [0.2, 0.25) is 0 Å². The van der Waals surface area contributed by atoms with Crippen molar-refractivity contribution in [3.63, 3.8) is 0 Å². The van der Waals surface area contributed by atoms with Crippen LogP contribution in [0.4, 0.5) is 0 Å². The largest absolute Gasteiger partial charge is 0.481 e. The van der Waals surface area contributed by atoms with Gasteiger partial charge in [-0.2, -0.15) is 0 Å². The molecule has 1 atom stereocenters. The fraction of sp³-hybridized carbons (Fsp3) is 0.800. The molecule has 1 unspecified atom stereocenters. The molecule has 2 amide bonds. The number of carboxylic acids is 1. The van der Waals surface area contributed by atoms with Crippen LogP contribution in [0.15, 0.2) is 0 Å². The number of carbonyl (C=O) groups is 3. The Hall–Kier alpha value is -1.39. The maximum atomic E-state index is 12.7. The number of amides is 2. The first-order valence-electron chi connectivity index (χ1n) is 7.58. The number of nitrogens with zero attached hydrogens (tertiary/aromatic N) is 1. The van der Waals surface area contributed by atoms with Crippen molar-refractivity contribution in [2.75, 3.05) is 0 Å². The number of hydrogen-bond acceptors (Lipinski definition) is 3. The molecule has 5 heteroatoms. The van der Waals surface area contributed by atoms with Gasteiger partial charge in [0, 0.05) is 12.5 Å². The Labute approximate surface area is 119 Å². The standard InChI is InChI=1S/C15H23NO4/c1-2-11(9-13(18)19)16-12(17)10-15(14(16)20)7-5-3-4-6-8-15/h11H,2-10H2,1H3,(H,18,19). The zero-order valence-corrected chi connectivity index (χ0v) is 12.1. The minimum Gasteiger partial charge on any atom is -0.481 e. The highest BCUT2D eigenvalue weighted by molar-refractivity contribution is 6.06. The maximum absolute atomic E-state index is 12.7. The average Bonchev–Trinajstić information content (AvgIpc) is 2.58. The third-order valence-electron chi connectivity index (χ3n) is 4.74. The van der Waals surface area contributed by atoms with Gasteiger partial charge in [0.05, 0.1) is 11.8 Å². The topological polar surface area (TPSA) is 74.7 Å². The van der Waals surface area contributed by atoms with E-state index in [1.165, 1.54) is 4.90 Å². The lowest BCUT2D eigenvalue weighted by Crippen LogP contribution is -2.43. The zero-order chi connectivity index (χ0) is 14.8. The molecule has 1 saturated heterocycles. The van der Waals surface area contributed by atoms with Crippen LogP contribution < -0.4 is 0 Å². The molecule has 0 aromatic carbocycles. The second kappa shape index (κ2) is 5.94. The van der Waals surface area contributed by atoms with Crippen LogP contribution in [0, 0.1) is 5.41 Å². The van der Waals surface area contributed by atoms with E-state index in [0.717, 1.165) is 38.5 Å². The number of imide groups is 1. The molecule has 2 fully saturated rings. The number of likely N-dealkylation sites (tertiary alicyclic amines) is 1. The summed E-state index contributed by atoms with van der Waals surface area (Å²) in [6.07, 6.45) is 6.40. The summed E-state index contributed by atoms with van der Waals surface area (Å²) in [7, 11) is 0. The molecule has 5 nitrogen and oxygen atoms in total. The second-order valence-electron chi connectivity index (χ2n) is 6.10. The summed E-state index contributed by atoms with van der Waals surface area (Å²) in [6, 6.07) is -0.491. The molecule has 0 bridgehead atoms. The summed E-state index contributed by atoms with van der Waals surface area (Å²) in [5.41, 5.74) is -0.528. The number of hydrogen-bond donors (Lipinski definition) is 1. The zero-order valence-electron chi connectivity index (χ0n) is 12.1. The Morgan fingerprint density at radius 2 is 1.85 bits per heavy atom. The fourth-order valence-electron chi connectivity index (χ4n) is 3.60. The van der Waals surface area contributed by atoms with Gasteiger partial charge in [-0.15, -0.1) is 0 Å². The van der Waals surface area contributed by atoms with Gasteiger partial charge in [0.25, 0.3) is 0 Å². The van der Waals surface area contributed by atoms with Gasteiger partial charge in [-0.3, -0.25) is 19.3 Å². The number of rotatable bonds is 4.